The highest BCUT2D eigenvalue weighted by Gasteiger charge is 2.35. The van der Waals surface area contributed by atoms with Crippen molar-refractivity contribution in [1.29, 1.82) is 0 Å². The molecule has 0 saturated carbocycles. The van der Waals surface area contributed by atoms with Gasteiger partial charge in [-0.2, -0.15) is 0 Å². The van der Waals surface area contributed by atoms with Crippen LogP contribution >= 0.6 is 35.4 Å². The van der Waals surface area contributed by atoms with E-state index in [2.05, 4.69) is 5.32 Å². The standard InChI is InChI=1S/C18H10Cl2N2O3S/c19-11-3-1-10(2-4-11)15(23)9-14-16(24)21-18(26)22(17(14)25)13-7-5-12(20)6-8-13/h1-9H,(H,21,24,26). The molecule has 0 spiro atoms. The van der Waals surface area contributed by atoms with Crippen LogP contribution in [0.2, 0.25) is 10.0 Å². The largest absolute Gasteiger partial charge is 0.298 e. The molecule has 1 heterocycles. The normalized spacial score (nSPS) is 16.0. The summed E-state index contributed by atoms with van der Waals surface area (Å²) in [4.78, 5) is 38.4. The molecule has 0 atom stereocenters. The zero-order valence-electron chi connectivity index (χ0n) is 13.0. The number of nitrogens with one attached hydrogen (secondary N) is 1. The van der Waals surface area contributed by atoms with E-state index in [1.165, 1.54) is 12.1 Å². The van der Waals surface area contributed by atoms with Crippen LogP contribution in [0, 0.1) is 0 Å². The second-order valence-electron chi connectivity index (χ2n) is 5.31. The molecule has 3 rings (SSSR count). The van der Waals surface area contributed by atoms with Crippen molar-refractivity contribution in [2.24, 2.45) is 0 Å². The van der Waals surface area contributed by atoms with Crippen molar-refractivity contribution in [3.63, 3.8) is 0 Å². The molecular formula is C18H10Cl2N2O3S. The first-order chi connectivity index (χ1) is 12.4. The fourth-order valence-corrected chi connectivity index (χ4v) is 2.84. The van der Waals surface area contributed by atoms with Crippen molar-refractivity contribution in [3.8, 4) is 0 Å². The third-order valence-electron chi connectivity index (χ3n) is 3.59. The molecule has 0 aliphatic carbocycles. The maximum absolute atomic E-state index is 12.8. The first kappa shape index (κ1) is 18.3. The van der Waals surface area contributed by atoms with Crippen LogP contribution in [0.15, 0.2) is 60.2 Å². The molecule has 1 fully saturated rings. The molecule has 26 heavy (non-hydrogen) atoms. The molecule has 1 aliphatic rings. The molecule has 130 valence electrons. The Morgan fingerprint density at radius 3 is 2.08 bits per heavy atom. The van der Waals surface area contributed by atoms with Gasteiger partial charge in [0.15, 0.2) is 10.9 Å². The van der Waals surface area contributed by atoms with Gasteiger partial charge in [0.25, 0.3) is 11.8 Å². The average Bonchev–Trinajstić information content (AvgIpc) is 2.60. The van der Waals surface area contributed by atoms with E-state index in [9.17, 15) is 14.4 Å². The topological polar surface area (TPSA) is 66.5 Å². The van der Waals surface area contributed by atoms with E-state index in [1.807, 2.05) is 0 Å². The van der Waals surface area contributed by atoms with E-state index < -0.39 is 17.6 Å². The summed E-state index contributed by atoms with van der Waals surface area (Å²) in [5.74, 6) is -1.92. The van der Waals surface area contributed by atoms with Gasteiger partial charge in [-0.15, -0.1) is 0 Å². The highest BCUT2D eigenvalue weighted by atomic mass is 35.5. The lowest BCUT2D eigenvalue weighted by Crippen LogP contribution is -2.54. The molecule has 1 aliphatic heterocycles. The monoisotopic (exact) mass is 404 g/mol. The molecule has 2 amide bonds. The maximum Gasteiger partial charge on any atom is 0.270 e. The number of ketones is 1. The summed E-state index contributed by atoms with van der Waals surface area (Å²) in [6.45, 7) is 0. The minimum absolute atomic E-state index is 0.0709. The van der Waals surface area contributed by atoms with Gasteiger partial charge in [0.05, 0.1) is 5.69 Å². The van der Waals surface area contributed by atoms with Crippen LogP contribution in [0.25, 0.3) is 0 Å². The van der Waals surface area contributed by atoms with E-state index in [0.29, 0.717) is 21.3 Å². The Hall–Kier alpha value is -2.54. The van der Waals surface area contributed by atoms with Gasteiger partial charge >= 0.3 is 0 Å². The first-order valence-electron chi connectivity index (χ1n) is 7.34. The Kier molecular flexibility index (Phi) is 5.18. The van der Waals surface area contributed by atoms with Crippen LogP contribution in [0.4, 0.5) is 5.69 Å². The SMILES string of the molecule is O=C1NC(=S)N(c2ccc(Cl)cc2)C(=O)C1=CC(=O)c1ccc(Cl)cc1. The van der Waals surface area contributed by atoms with Gasteiger partial charge in [0.2, 0.25) is 0 Å². The minimum atomic E-state index is -0.729. The summed E-state index contributed by atoms with van der Waals surface area (Å²) < 4.78 is 0. The van der Waals surface area contributed by atoms with Crippen LogP contribution < -0.4 is 10.2 Å². The molecule has 8 heteroatoms. The van der Waals surface area contributed by atoms with Crippen molar-refractivity contribution < 1.29 is 14.4 Å². The summed E-state index contributed by atoms with van der Waals surface area (Å²) >= 11 is 16.7. The molecule has 0 aromatic heterocycles. The van der Waals surface area contributed by atoms with Gasteiger partial charge in [0, 0.05) is 21.7 Å². The van der Waals surface area contributed by atoms with Crippen LogP contribution in [0.1, 0.15) is 10.4 Å². The molecule has 1 N–H and O–H groups in total. The van der Waals surface area contributed by atoms with E-state index in [4.69, 9.17) is 35.4 Å². The predicted octanol–water partition coefficient (Wildman–Crippen LogP) is 3.55. The number of thiocarbonyl (C=S) groups is 1. The fraction of sp³-hybridized carbons (Fsp3) is 0. The second kappa shape index (κ2) is 7.37. The van der Waals surface area contributed by atoms with Crippen LogP contribution in [0.3, 0.4) is 0 Å². The van der Waals surface area contributed by atoms with Gasteiger partial charge in [-0.1, -0.05) is 23.2 Å². The summed E-state index contributed by atoms with van der Waals surface area (Å²) in [5, 5.41) is 3.30. The molecular weight excluding hydrogens is 395 g/mol. The van der Waals surface area contributed by atoms with Crippen LogP contribution in [-0.2, 0) is 9.59 Å². The molecule has 1 saturated heterocycles. The van der Waals surface area contributed by atoms with Crippen molar-refractivity contribution in [1.82, 2.24) is 5.32 Å². The van der Waals surface area contributed by atoms with E-state index in [-0.39, 0.29) is 10.7 Å². The maximum atomic E-state index is 12.8. The van der Waals surface area contributed by atoms with Crippen LogP contribution in [-0.4, -0.2) is 22.7 Å². The summed E-state index contributed by atoms with van der Waals surface area (Å²) in [6.07, 6.45) is 0.992. The van der Waals surface area contributed by atoms with Crippen molar-refractivity contribution >= 4 is 63.8 Å². The number of halogens is 2. The third-order valence-corrected chi connectivity index (χ3v) is 4.38. The Bertz CT molecular complexity index is 953. The van der Waals surface area contributed by atoms with E-state index in [1.54, 1.807) is 36.4 Å². The highest BCUT2D eigenvalue weighted by Crippen LogP contribution is 2.23. The highest BCUT2D eigenvalue weighted by molar-refractivity contribution is 7.80. The number of rotatable bonds is 3. The minimum Gasteiger partial charge on any atom is -0.298 e. The number of allylic oxidation sites excluding steroid dienone is 1. The number of carbonyl (C=O) groups excluding carboxylic acids is 3. The average molecular weight is 405 g/mol. The van der Waals surface area contributed by atoms with Crippen molar-refractivity contribution in [3.05, 3.63) is 75.8 Å². The number of nitrogens with zero attached hydrogens (tertiary/aromatic N) is 1. The van der Waals surface area contributed by atoms with Gasteiger partial charge in [-0.3, -0.25) is 24.6 Å². The summed E-state index contributed by atoms with van der Waals surface area (Å²) in [7, 11) is 0. The van der Waals surface area contributed by atoms with Gasteiger partial charge < -0.3 is 0 Å². The molecule has 5 nitrogen and oxygen atoms in total. The zero-order chi connectivity index (χ0) is 18.8. The first-order valence-corrected chi connectivity index (χ1v) is 8.50. The Morgan fingerprint density at radius 1 is 0.962 bits per heavy atom. The van der Waals surface area contributed by atoms with Crippen LogP contribution in [0.5, 0.6) is 0 Å². The number of carbonyl (C=O) groups is 3. The van der Waals surface area contributed by atoms with Crippen molar-refractivity contribution in [2.75, 3.05) is 4.90 Å². The number of amides is 2. The molecule has 0 bridgehead atoms. The van der Waals surface area contributed by atoms with Crippen molar-refractivity contribution in [2.45, 2.75) is 0 Å². The number of hydrogen-bond donors (Lipinski definition) is 1. The van der Waals surface area contributed by atoms with Gasteiger partial charge in [-0.25, -0.2) is 0 Å². The number of anilines is 1. The predicted molar refractivity (Wildman–Crippen MR) is 104 cm³/mol. The summed E-state index contributed by atoms with van der Waals surface area (Å²) in [6, 6.07) is 12.5. The second-order valence-corrected chi connectivity index (χ2v) is 6.56. The molecule has 0 radical (unpaired) electrons. The third kappa shape index (κ3) is 3.67. The zero-order valence-corrected chi connectivity index (χ0v) is 15.4. The smallest absolute Gasteiger partial charge is 0.270 e. The lowest BCUT2D eigenvalue weighted by Gasteiger charge is -2.28. The van der Waals surface area contributed by atoms with E-state index in [0.717, 1.165) is 11.0 Å². The van der Waals surface area contributed by atoms with Gasteiger partial charge in [-0.05, 0) is 60.7 Å². The number of benzene rings is 2. The quantitative estimate of drug-likeness (QED) is 0.367. The number of hydrogen-bond acceptors (Lipinski definition) is 4. The fourth-order valence-electron chi connectivity index (χ4n) is 2.31. The lowest BCUT2D eigenvalue weighted by atomic mass is 10.1. The molecule has 0 unspecified atom stereocenters. The summed E-state index contributed by atoms with van der Waals surface area (Å²) in [5.41, 5.74) is 0.413. The lowest BCUT2D eigenvalue weighted by molar-refractivity contribution is -0.122. The molecule has 2 aromatic carbocycles. The Morgan fingerprint density at radius 2 is 1.50 bits per heavy atom. The Balaban J connectivity index is 1.95. The Labute approximate surface area is 164 Å². The van der Waals surface area contributed by atoms with Gasteiger partial charge in [0.1, 0.15) is 5.57 Å². The van der Waals surface area contributed by atoms with E-state index >= 15 is 0 Å². The molecule has 2 aromatic rings.